The van der Waals surface area contributed by atoms with E-state index in [9.17, 15) is 4.79 Å². The predicted octanol–water partition coefficient (Wildman–Crippen LogP) is 1.83. The van der Waals surface area contributed by atoms with Gasteiger partial charge in [0.2, 0.25) is 5.91 Å². The summed E-state index contributed by atoms with van der Waals surface area (Å²) in [5.74, 6) is 0.354. The van der Waals surface area contributed by atoms with Crippen LogP contribution in [-0.2, 0) is 11.3 Å². The standard InChI is InChI=1S/C16H25N3O/c1-17(2)18(3)16(20)15-10-7-11-19(13-15)12-14-8-5-4-6-9-14/h4-6,8-9,15H,7,10-13H2,1-3H3. The molecule has 20 heavy (non-hydrogen) atoms. The topological polar surface area (TPSA) is 26.8 Å². The highest BCUT2D eigenvalue weighted by atomic mass is 16.2. The van der Waals surface area contributed by atoms with Gasteiger partial charge in [-0.3, -0.25) is 14.7 Å². The summed E-state index contributed by atoms with van der Waals surface area (Å²) in [4.78, 5) is 14.8. The van der Waals surface area contributed by atoms with E-state index in [2.05, 4.69) is 29.2 Å². The van der Waals surface area contributed by atoms with E-state index in [1.54, 1.807) is 5.01 Å². The number of piperidine rings is 1. The van der Waals surface area contributed by atoms with Gasteiger partial charge in [-0.2, -0.15) is 0 Å². The monoisotopic (exact) mass is 275 g/mol. The minimum Gasteiger partial charge on any atom is -0.298 e. The number of carbonyl (C=O) groups excluding carboxylic acids is 1. The van der Waals surface area contributed by atoms with Crippen molar-refractivity contribution in [2.75, 3.05) is 34.2 Å². The molecule has 0 aromatic heterocycles. The van der Waals surface area contributed by atoms with Gasteiger partial charge in [-0.15, -0.1) is 0 Å². The third-order valence-corrected chi connectivity index (χ3v) is 4.02. The Morgan fingerprint density at radius 1 is 1.25 bits per heavy atom. The average molecular weight is 275 g/mol. The number of nitrogens with zero attached hydrogens (tertiary/aromatic N) is 3. The smallest absolute Gasteiger partial charge is 0.240 e. The van der Waals surface area contributed by atoms with Gasteiger partial charge in [-0.05, 0) is 24.9 Å². The normalized spacial score (nSPS) is 20.1. The van der Waals surface area contributed by atoms with Crippen LogP contribution in [0.1, 0.15) is 18.4 Å². The van der Waals surface area contributed by atoms with Crippen molar-refractivity contribution in [2.24, 2.45) is 5.92 Å². The van der Waals surface area contributed by atoms with Crippen LogP contribution in [0.4, 0.5) is 0 Å². The molecule has 1 amide bonds. The molecule has 0 radical (unpaired) electrons. The van der Waals surface area contributed by atoms with E-state index in [-0.39, 0.29) is 11.8 Å². The lowest BCUT2D eigenvalue weighted by Crippen LogP contribution is -2.47. The first-order valence-corrected chi connectivity index (χ1v) is 7.29. The minimum absolute atomic E-state index is 0.125. The van der Waals surface area contributed by atoms with Crippen molar-refractivity contribution in [3.8, 4) is 0 Å². The minimum atomic E-state index is 0.125. The second kappa shape index (κ2) is 6.86. The fourth-order valence-electron chi connectivity index (χ4n) is 2.70. The van der Waals surface area contributed by atoms with Gasteiger partial charge in [-0.1, -0.05) is 30.3 Å². The second-order valence-electron chi connectivity index (χ2n) is 5.77. The van der Waals surface area contributed by atoms with Crippen molar-refractivity contribution in [1.29, 1.82) is 0 Å². The molecule has 0 saturated carbocycles. The maximum atomic E-state index is 12.4. The highest BCUT2D eigenvalue weighted by molar-refractivity contribution is 5.78. The zero-order valence-corrected chi connectivity index (χ0v) is 12.7. The van der Waals surface area contributed by atoms with Crippen LogP contribution in [0.25, 0.3) is 0 Å². The second-order valence-corrected chi connectivity index (χ2v) is 5.77. The third kappa shape index (κ3) is 3.81. The van der Waals surface area contributed by atoms with Crippen LogP contribution in [0.5, 0.6) is 0 Å². The fraction of sp³-hybridized carbons (Fsp3) is 0.562. The lowest BCUT2D eigenvalue weighted by atomic mass is 9.96. The maximum absolute atomic E-state index is 12.4. The molecule has 4 heteroatoms. The average Bonchev–Trinajstić information content (AvgIpc) is 2.47. The molecule has 110 valence electrons. The van der Waals surface area contributed by atoms with Crippen molar-refractivity contribution >= 4 is 5.91 Å². The van der Waals surface area contributed by atoms with Gasteiger partial charge in [0.15, 0.2) is 0 Å². The molecular formula is C16H25N3O. The van der Waals surface area contributed by atoms with Crippen LogP contribution in [0, 0.1) is 5.92 Å². The fourth-order valence-corrected chi connectivity index (χ4v) is 2.70. The lowest BCUT2D eigenvalue weighted by molar-refractivity contribution is -0.148. The van der Waals surface area contributed by atoms with E-state index in [0.717, 1.165) is 32.5 Å². The number of amides is 1. The van der Waals surface area contributed by atoms with Gasteiger partial charge in [0.25, 0.3) is 0 Å². The Morgan fingerprint density at radius 2 is 1.95 bits per heavy atom. The quantitative estimate of drug-likeness (QED) is 0.785. The van der Waals surface area contributed by atoms with E-state index in [4.69, 9.17) is 0 Å². The van der Waals surface area contributed by atoms with E-state index in [1.165, 1.54) is 5.56 Å². The number of hydrazine groups is 1. The molecule has 1 fully saturated rings. The first kappa shape index (κ1) is 15.0. The van der Waals surface area contributed by atoms with Crippen LogP contribution in [0.15, 0.2) is 30.3 Å². The van der Waals surface area contributed by atoms with Gasteiger partial charge in [-0.25, -0.2) is 5.01 Å². The van der Waals surface area contributed by atoms with Crippen molar-refractivity contribution in [3.05, 3.63) is 35.9 Å². The third-order valence-electron chi connectivity index (χ3n) is 4.02. The molecule has 1 heterocycles. The largest absolute Gasteiger partial charge is 0.298 e. The van der Waals surface area contributed by atoms with E-state index < -0.39 is 0 Å². The maximum Gasteiger partial charge on any atom is 0.240 e. The molecule has 1 unspecified atom stereocenters. The molecule has 0 spiro atoms. The highest BCUT2D eigenvalue weighted by Gasteiger charge is 2.28. The van der Waals surface area contributed by atoms with Crippen LogP contribution >= 0.6 is 0 Å². The first-order valence-electron chi connectivity index (χ1n) is 7.29. The van der Waals surface area contributed by atoms with E-state index in [1.807, 2.05) is 32.2 Å². The molecule has 1 aromatic carbocycles. The molecule has 1 saturated heterocycles. The summed E-state index contributed by atoms with van der Waals surface area (Å²) in [7, 11) is 5.66. The summed E-state index contributed by atoms with van der Waals surface area (Å²) in [5, 5.41) is 3.56. The molecule has 2 rings (SSSR count). The van der Waals surface area contributed by atoms with Crippen LogP contribution < -0.4 is 0 Å². The molecule has 0 N–H and O–H groups in total. The number of hydrogen-bond donors (Lipinski definition) is 0. The molecule has 4 nitrogen and oxygen atoms in total. The van der Waals surface area contributed by atoms with Crippen molar-refractivity contribution in [1.82, 2.24) is 14.9 Å². The summed E-state index contributed by atoms with van der Waals surface area (Å²) < 4.78 is 0. The Morgan fingerprint density at radius 3 is 2.60 bits per heavy atom. The summed E-state index contributed by atoms with van der Waals surface area (Å²) in [6, 6.07) is 10.5. The van der Waals surface area contributed by atoms with Crippen LogP contribution in [-0.4, -0.2) is 55.1 Å². The highest BCUT2D eigenvalue weighted by Crippen LogP contribution is 2.20. The number of benzene rings is 1. The molecule has 1 aliphatic heterocycles. The Kier molecular flexibility index (Phi) is 5.15. The zero-order valence-electron chi connectivity index (χ0n) is 12.7. The number of hydrogen-bond acceptors (Lipinski definition) is 3. The van der Waals surface area contributed by atoms with Gasteiger partial charge >= 0.3 is 0 Å². The molecule has 1 aromatic rings. The van der Waals surface area contributed by atoms with Gasteiger partial charge in [0.05, 0.1) is 5.92 Å². The number of likely N-dealkylation sites (tertiary alicyclic amines) is 1. The zero-order chi connectivity index (χ0) is 14.5. The molecule has 1 atom stereocenters. The molecule has 0 bridgehead atoms. The summed E-state index contributed by atoms with van der Waals surface area (Å²) in [5.41, 5.74) is 1.32. The van der Waals surface area contributed by atoms with Gasteiger partial charge in [0, 0.05) is 34.2 Å². The summed E-state index contributed by atoms with van der Waals surface area (Å²) in [6.45, 7) is 2.90. The number of rotatable bonds is 4. The van der Waals surface area contributed by atoms with Crippen LogP contribution in [0.2, 0.25) is 0 Å². The van der Waals surface area contributed by atoms with Crippen molar-refractivity contribution < 1.29 is 4.79 Å². The Hall–Kier alpha value is -1.39. The number of carbonyl (C=O) groups is 1. The van der Waals surface area contributed by atoms with Gasteiger partial charge in [0.1, 0.15) is 0 Å². The molecular weight excluding hydrogens is 250 g/mol. The van der Waals surface area contributed by atoms with E-state index >= 15 is 0 Å². The lowest BCUT2D eigenvalue weighted by Gasteiger charge is -2.35. The van der Waals surface area contributed by atoms with Gasteiger partial charge < -0.3 is 0 Å². The SMILES string of the molecule is CN(C)N(C)C(=O)C1CCCN(Cc2ccccc2)C1. The van der Waals surface area contributed by atoms with Crippen molar-refractivity contribution in [3.63, 3.8) is 0 Å². The van der Waals surface area contributed by atoms with Crippen molar-refractivity contribution in [2.45, 2.75) is 19.4 Å². The molecule has 0 aliphatic carbocycles. The summed E-state index contributed by atoms with van der Waals surface area (Å²) >= 11 is 0. The Bertz CT molecular complexity index is 433. The Labute approximate surface area is 121 Å². The Balaban J connectivity index is 1.93. The first-order chi connectivity index (χ1) is 9.58. The summed E-state index contributed by atoms with van der Waals surface area (Å²) in [6.07, 6.45) is 2.10. The van der Waals surface area contributed by atoms with Crippen LogP contribution in [0.3, 0.4) is 0 Å². The molecule has 1 aliphatic rings. The van der Waals surface area contributed by atoms with E-state index in [0.29, 0.717) is 0 Å². The predicted molar refractivity (Wildman–Crippen MR) is 80.9 cm³/mol.